The summed E-state index contributed by atoms with van der Waals surface area (Å²) in [6.45, 7) is 1.48. The van der Waals surface area contributed by atoms with Gasteiger partial charge >= 0.3 is 5.97 Å². The molecule has 23 heavy (non-hydrogen) atoms. The summed E-state index contributed by atoms with van der Waals surface area (Å²) in [7, 11) is 1.38. The van der Waals surface area contributed by atoms with E-state index in [0.717, 1.165) is 29.5 Å². The molecule has 1 atom stereocenters. The monoisotopic (exact) mass is 350 g/mol. The average Bonchev–Trinajstić information content (AvgIpc) is 3.20. The van der Waals surface area contributed by atoms with Gasteiger partial charge in [0.15, 0.2) is 5.11 Å². The molecule has 1 aromatic heterocycles. The molecule has 122 valence electrons. The van der Waals surface area contributed by atoms with Crippen LogP contribution in [0.3, 0.4) is 0 Å². The molecule has 0 saturated carbocycles. The van der Waals surface area contributed by atoms with E-state index in [0.29, 0.717) is 22.2 Å². The lowest BCUT2D eigenvalue weighted by atomic mass is 10.2. The molecule has 0 amide bonds. The fraction of sp³-hybridized carbons (Fsp3) is 0.375. The number of rotatable bonds is 4. The summed E-state index contributed by atoms with van der Waals surface area (Å²) in [4.78, 5) is 12.5. The van der Waals surface area contributed by atoms with Gasteiger partial charge in [0.1, 0.15) is 4.88 Å². The maximum atomic E-state index is 12.0. The van der Waals surface area contributed by atoms with Gasteiger partial charge in [-0.25, -0.2) is 4.79 Å². The first kappa shape index (κ1) is 16.2. The molecule has 2 aromatic rings. The number of carbonyl (C=O) groups excluding carboxylic acids is 1. The predicted molar refractivity (Wildman–Crippen MR) is 96.4 cm³/mol. The summed E-state index contributed by atoms with van der Waals surface area (Å²) < 4.78 is 11.5. The number of nitrogens with one attached hydrogen (secondary N) is 2. The number of benzene rings is 1. The zero-order valence-electron chi connectivity index (χ0n) is 12.8. The molecule has 5 nitrogen and oxygen atoms in total. The van der Waals surface area contributed by atoms with Crippen LogP contribution in [0.15, 0.2) is 24.3 Å². The molecule has 1 aromatic carbocycles. The Labute approximate surface area is 144 Å². The minimum Gasteiger partial charge on any atom is -0.465 e. The van der Waals surface area contributed by atoms with E-state index in [1.807, 2.05) is 24.3 Å². The minimum absolute atomic E-state index is 0.203. The molecular formula is C16H18N2O3S2. The van der Waals surface area contributed by atoms with Gasteiger partial charge in [-0.3, -0.25) is 0 Å². The fourth-order valence-electron chi connectivity index (χ4n) is 2.58. The van der Waals surface area contributed by atoms with Crippen molar-refractivity contribution in [2.24, 2.45) is 0 Å². The van der Waals surface area contributed by atoms with Crippen molar-refractivity contribution >= 4 is 50.4 Å². The molecule has 0 unspecified atom stereocenters. The maximum Gasteiger partial charge on any atom is 0.350 e. The minimum atomic E-state index is -0.365. The Morgan fingerprint density at radius 1 is 1.48 bits per heavy atom. The first-order valence-electron chi connectivity index (χ1n) is 7.45. The first-order chi connectivity index (χ1) is 11.2. The molecule has 1 aliphatic heterocycles. The molecule has 2 heterocycles. The second-order valence-corrected chi connectivity index (χ2v) is 6.72. The number of fused-ring (bicyclic) bond motifs is 1. The summed E-state index contributed by atoms with van der Waals surface area (Å²) in [5.74, 6) is -0.365. The average molecular weight is 350 g/mol. The van der Waals surface area contributed by atoms with E-state index in [9.17, 15) is 4.79 Å². The van der Waals surface area contributed by atoms with Gasteiger partial charge in [0, 0.05) is 23.2 Å². The molecule has 0 aliphatic carbocycles. The number of thiocarbonyl (C=S) groups is 1. The highest BCUT2D eigenvalue weighted by molar-refractivity contribution is 7.80. The number of hydrogen-bond donors (Lipinski definition) is 2. The SMILES string of the molecule is COC(=O)c1sc2ccccc2c1NC(=S)NC[C@H]1CCCO1. The van der Waals surface area contributed by atoms with Crippen LogP contribution in [-0.4, -0.2) is 37.4 Å². The van der Waals surface area contributed by atoms with Crippen molar-refractivity contribution in [3.63, 3.8) is 0 Å². The molecule has 0 spiro atoms. The zero-order valence-corrected chi connectivity index (χ0v) is 14.4. The van der Waals surface area contributed by atoms with E-state index in [1.165, 1.54) is 18.4 Å². The van der Waals surface area contributed by atoms with E-state index in [-0.39, 0.29) is 12.1 Å². The molecule has 0 radical (unpaired) electrons. The predicted octanol–water partition coefficient (Wildman–Crippen LogP) is 3.15. The molecule has 1 fully saturated rings. The third-order valence-electron chi connectivity index (χ3n) is 3.72. The number of hydrogen-bond acceptors (Lipinski definition) is 5. The van der Waals surface area contributed by atoms with Gasteiger partial charge in [0.2, 0.25) is 0 Å². The number of esters is 1. The summed E-state index contributed by atoms with van der Waals surface area (Å²) >= 11 is 6.75. The second kappa shape index (κ2) is 7.25. The lowest BCUT2D eigenvalue weighted by Crippen LogP contribution is -2.35. The second-order valence-electron chi connectivity index (χ2n) is 5.26. The van der Waals surface area contributed by atoms with Crippen LogP contribution in [0, 0.1) is 0 Å². The molecule has 1 saturated heterocycles. The van der Waals surface area contributed by atoms with Crippen molar-refractivity contribution in [3.05, 3.63) is 29.1 Å². The highest BCUT2D eigenvalue weighted by Crippen LogP contribution is 2.36. The Bertz CT molecular complexity index is 723. The smallest absolute Gasteiger partial charge is 0.350 e. The third kappa shape index (κ3) is 3.63. The molecule has 2 N–H and O–H groups in total. The summed E-state index contributed by atoms with van der Waals surface area (Å²) in [5.41, 5.74) is 0.697. The lowest BCUT2D eigenvalue weighted by Gasteiger charge is -2.14. The van der Waals surface area contributed by atoms with Crippen LogP contribution in [0.4, 0.5) is 5.69 Å². The van der Waals surface area contributed by atoms with Gasteiger partial charge in [-0.1, -0.05) is 18.2 Å². The van der Waals surface area contributed by atoms with Gasteiger partial charge in [0.25, 0.3) is 0 Å². The van der Waals surface area contributed by atoms with Gasteiger partial charge < -0.3 is 20.1 Å². The highest BCUT2D eigenvalue weighted by Gasteiger charge is 2.20. The van der Waals surface area contributed by atoms with Crippen LogP contribution in [-0.2, 0) is 9.47 Å². The summed E-state index contributed by atoms with van der Waals surface area (Å²) in [6.07, 6.45) is 2.34. The van der Waals surface area contributed by atoms with Gasteiger partial charge in [-0.15, -0.1) is 11.3 Å². The maximum absolute atomic E-state index is 12.0. The standard InChI is InChI=1S/C16H18N2O3S2/c1-20-15(19)14-13(11-6-2-3-7-12(11)23-14)18-16(22)17-9-10-5-4-8-21-10/h2-3,6-7,10H,4-5,8-9H2,1H3,(H2,17,18,22)/t10-/m1/s1. The van der Waals surface area contributed by atoms with Crippen molar-refractivity contribution in [2.45, 2.75) is 18.9 Å². The number of methoxy groups -OCH3 is 1. The number of anilines is 1. The highest BCUT2D eigenvalue weighted by atomic mass is 32.1. The molecule has 0 bridgehead atoms. The van der Waals surface area contributed by atoms with Crippen LogP contribution >= 0.6 is 23.6 Å². The Morgan fingerprint density at radius 2 is 2.30 bits per heavy atom. The van der Waals surface area contributed by atoms with E-state index in [2.05, 4.69) is 10.6 Å². The van der Waals surface area contributed by atoms with Crippen LogP contribution in [0.2, 0.25) is 0 Å². The van der Waals surface area contributed by atoms with Crippen LogP contribution in [0.1, 0.15) is 22.5 Å². The van der Waals surface area contributed by atoms with E-state index >= 15 is 0 Å². The quantitative estimate of drug-likeness (QED) is 0.652. The Kier molecular flexibility index (Phi) is 5.09. The van der Waals surface area contributed by atoms with Crippen molar-refractivity contribution in [3.8, 4) is 0 Å². The van der Waals surface area contributed by atoms with Crippen molar-refractivity contribution < 1.29 is 14.3 Å². The van der Waals surface area contributed by atoms with E-state index < -0.39 is 0 Å². The zero-order chi connectivity index (χ0) is 16.2. The first-order valence-corrected chi connectivity index (χ1v) is 8.68. The van der Waals surface area contributed by atoms with Gasteiger partial charge in [0.05, 0.1) is 18.9 Å². The lowest BCUT2D eigenvalue weighted by molar-refractivity contribution is 0.0607. The molecule has 3 rings (SSSR count). The fourth-order valence-corrected chi connectivity index (χ4v) is 3.84. The van der Waals surface area contributed by atoms with Crippen LogP contribution < -0.4 is 10.6 Å². The Balaban J connectivity index is 1.77. The normalized spacial score (nSPS) is 17.2. The number of carbonyl (C=O) groups is 1. The van der Waals surface area contributed by atoms with E-state index in [1.54, 1.807) is 0 Å². The topological polar surface area (TPSA) is 59.6 Å². The van der Waals surface area contributed by atoms with Gasteiger partial charge in [-0.2, -0.15) is 0 Å². The van der Waals surface area contributed by atoms with Crippen molar-refractivity contribution in [2.75, 3.05) is 25.6 Å². The Morgan fingerprint density at radius 3 is 3.04 bits per heavy atom. The summed E-state index contributed by atoms with van der Waals surface area (Å²) in [6, 6.07) is 7.81. The van der Waals surface area contributed by atoms with Crippen LogP contribution in [0.25, 0.3) is 10.1 Å². The third-order valence-corrected chi connectivity index (χ3v) is 5.12. The van der Waals surface area contributed by atoms with Crippen molar-refractivity contribution in [1.82, 2.24) is 5.32 Å². The Hall–Kier alpha value is -1.70. The van der Waals surface area contributed by atoms with Gasteiger partial charge in [-0.05, 0) is 31.1 Å². The molecule has 1 aliphatic rings. The van der Waals surface area contributed by atoms with Crippen molar-refractivity contribution in [1.29, 1.82) is 0 Å². The molecular weight excluding hydrogens is 332 g/mol. The molecule has 7 heteroatoms. The summed E-state index contributed by atoms with van der Waals surface area (Å²) in [5, 5.41) is 7.74. The number of thiophene rings is 1. The largest absolute Gasteiger partial charge is 0.465 e. The van der Waals surface area contributed by atoms with Crippen LogP contribution in [0.5, 0.6) is 0 Å². The number of ether oxygens (including phenoxy) is 2. The van der Waals surface area contributed by atoms with E-state index in [4.69, 9.17) is 21.7 Å².